The average Bonchev–Trinajstić information content (AvgIpc) is 2.27. The summed E-state index contributed by atoms with van der Waals surface area (Å²) in [5.74, 6) is 0.275. The zero-order valence-corrected chi connectivity index (χ0v) is 11.1. The number of aromatic nitrogens is 2. The van der Waals surface area contributed by atoms with Gasteiger partial charge in [-0.3, -0.25) is 4.99 Å². The minimum atomic E-state index is 0.263. The van der Waals surface area contributed by atoms with Crippen LogP contribution < -0.4 is 5.73 Å². The molecule has 7 heteroatoms. The van der Waals surface area contributed by atoms with Gasteiger partial charge < -0.3 is 5.73 Å². The lowest BCUT2D eigenvalue weighted by Crippen LogP contribution is -1.98. The van der Waals surface area contributed by atoms with E-state index in [9.17, 15) is 0 Å². The number of nitrogens with two attached hydrogens (primary N) is 1. The topological polar surface area (TPSA) is 64.2 Å². The molecule has 0 aliphatic carbocycles. The molecule has 0 spiro atoms. The number of allylic oxidation sites excluding steroid dienone is 2. The van der Waals surface area contributed by atoms with E-state index in [1.54, 1.807) is 7.05 Å². The molecule has 0 fully saturated rings. The van der Waals surface area contributed by atoms with Crippen molar-refractivity contribution in [3.05, 3.63) is 22.3 Å². The molecule has 0 aromatic carbocycles. The molecular weight excluding hydrogens is 267 g/mol. The number of nitrogens with zero attached hydrogens (tertiary/aromatic N) is 3. The fourth-order valence-corrected chi connectivity index (χ4v) is 2.00. The molecular formula is C9H10Cl2N4S. The zero-order valence-electron chi connectivity index (χ0n) is 8.74. The van der Waals surface area contributed by atoms with Gasteiger partial charge in [-0.05, 0) is 6.92 Å². The molecule has 0 aliphatic heterocycles. The fourth-order valence-electron chi connectivity index (χ4n) is 0.883. The molecule has 0 radical (unpaired) electrons. The smallest absolute Gasteiger partial charge is 0.158 e. The summed E-state index contributed by atoms with van der Waals surface area (Å²) in [6.45, 7) is 1.86. The van der Waals surface area contributed by atoms with Gasteiger partial charge in [0.05, 0.1) is 6.20 Å². The lowest BCUT2D eigenvalue weighted by Gasteiger charge is -2.05. The number of rotatable bonds is 3. The summed E-state index contributed by atoms with van der Waals surface area (Å²) in [5.41, 5.74) is 5.68. The van der Waals surface area contributed by atoms with Crippen molar-refractivity contribution >= 4 is 46.0 Å². The Labute approximate surface area is 108 Å². The minimum Gasteiger partial charge on any atom is -0.381 e. The second-order valence-electron chi connectivity index (χ2n) is 2.65. The van der Waals surface area contributed by atoms with Crippen molar-refractivity contribution in [2.24, 2.45) is 4.99 Å². The maximum Gasteiger partial charge on any atom is 0.158 e. The SMILES string of the molecule is CC=C(Sc1ncc(Cl)nc1N)C(Cl)=NC. The Morgan fingerprint density at radius 2 is 2.31 bits per heavy atom. The first-order valence-corrected chi connectivity index (χ1v) is 5.90. The summed E-state index contributed by atoms with van der Waals surface area (Å²) in [4.78, 5) is 12.6. The number of hydrogen-bond acceptors (Lipinski definition) is 5. The summed E-state index contributed by atoms with van der Waals surface area (Å²) in [7, 11) is 1.61. The van der Waals surface area contributed by atoms with Gasteiger partial charge in [-0.2, -0.15) is 0 Å². The van der Waals surface area contributed by atoms with Gasteiger partial charge in [0.1, 0.15) is 15.3 Å². The van der Waals surface area contributed by atoms with Gasteiger partial charge in [0, 0.05) is 12.0 Å². The number of halogens is 2. The molecule has 0 atom stereocenters. The van der Waals surface area contributed by atoms with Crippen LogP contribution in [0.25, 0.3) is 0 Å². The molecule has 16 heavy (non-hydrogen) atoms. The summed E-state index contributed by atoms with van der Waals surface area (Å²) < 4.78 is 0. The quantitative estimate of drug-likeness (QED) is 0.681. The Morgan fingerprint density at radius 3 is 2.81 bits per heavy atom. The standard InChI is InChI=1S/C9H10Cl2N4S/c1-3-5(7(11)13-2)16-9-8(12)15-6(10)4-14-9/h3-4H,1-2H3,(H2,12,15). The first kappa shape index (κ1) is 13.3. The van der Waals surface area contributed by atoms with E-state index in [-0.39, 0.29) is 11.0 Å². The Morgan fingerprint density at radius 1 is 1.62 bits per heavy atom. The molecule has 1 heterocycles. The normalized spacial score (nSPS) is 13.0. The van der Waals surface area contributed by atoms with Crippen molar-refractivity contribution in [3.63, 3.8) is 0 Å². The number of anilines is 1. The van der Waals surface area contributed by atoms with Crippen LogP contribution in [0.5, 0.6) is 0 Å². The number of thioether (sulfide) groups is 1. The van der Waals surface area contributed by atoms with E-state index in [1.165, 1.54) is 18.0 Å². The summed E-state index contributed by atoms with van der Waals surface area (Å²) in [6.07, 6.45) is 3.26. The predicted octanol–water partition coefficient (Wildman–Crippen LogP) is 2.98. The molecule has 0 saturated carbocycles. The van der Waals surface area contributed by atoms with Gasteiger partial charge in [0.15, 0.2) is 5.82 Å². The molecule has 0 unspecified atom stereocenters. The van der Waals surface area contributed by atoms with Crippen molar-refractivity contribution in [3.8, 4) is 0 Å². The Kier molecular flexibility index (Phi) is 5.05. The molecule has 0 aliphatic rings. The third kappa shape index (κ3) is 3.37. The fraction of sp³-hybridized carbons (Fsp3) is 0.222. The largest absolute Gasteiger partial charge is 0.381 e. The molecule has 4 nitrogen and oxygen atoms in total. The van der Waals surface area contributed by atoms with E-state index < -0.39 is 0 Å². The van der Waals surface area contributed by atoms with Gasteiger partial charge in [0.2, 0.25) is 0 Å². The van der Waals surface area contributed by atoms with Crippen LogP contribution in [0.1, 0.15) is 6.92 Å². The van der Waals surface area contributed by atoms with Crippen LogP contribution in [-0.2, 0) is 0 Å². The molecule has 0 bridgehead atoms. The summed E-state index contributed by atoms with van der Waals surface area (Å²) >= 11 is 12.9. The van der Waals surface area contributed by atoms with Crippen LogP contribution in [0.15, 0.2) is 27.2 Å². The van der Waals surface area contributed by atoms with Gasteiger partial charge >= 0.3 is 0 Å². The second-order valence-corrected chi connectivity index (χ2v) is 4.43. The summed E-state index contributed by atoms with van der Waals surface area (Å²) in [6, 6.07) is 0. The van der Waals surface area contributed by atoms with Crippen LogP contribution in [0.2, 0.25) is 5.15 Å². The Bertz CT molecular complexity index is 445. The first-order chi connectivity index (χ1) is 7.58. The predicted molar refractivity (Wildman–Crippen MR) is 70.3 cm³/mol. The minimum absolute atomic E-state index is 0.263. The van der Waals surface area contributed by atoms with E-state index in [1.807, 2.05) is 13.0 Å². The van der Waals surface area contributed by atoms with Gasteiger partial charge in [-0.25, -0.2) is 9.97 Å². The maximum absolute atomic E-state index is 5.91. The van der Waals surface area contributed by atoms with Crippen molar-refractivity contribution in [1.82, 2.24) is 9.97 Å². The molecule has 1 aromatic rings. The van der Waals surface area contributed by atoms with Gasteiger partial charge in [0.25, 0.3) is 0 Å². The van der Waals surface area contributed by atoms with E-state index >= 15 is 0 Å². The van der Waals surface area contributed by atoms with E-state index in [2.05, 4.69) is 15.0 Å². The first-order valence-electron chi connectivity index (χ1n) is 4.33. The number of hydrogen-bond donors (Lipinski definition) is 1. The van der Waals surface area contributed by atoms with Crippen molar-refractivity contribution in [1.29, 1.82) is 0 Å². The van der Waals surface area contributed by atoms with Gasteiger partial charge in [-0.15, -0.1) is 0 Å². The van der Waals surface area contributed by atoms with Gasteiger partial charge in [-0.1, -0.05) is 41.0 Å². The van der Waals surface area contributed by atoms with Crippen LogP contribution in [0.3, 0.4) is 0 Å². The van der Waals surface area contributed by atoms with Crippen molar-refractivity contribution in [2.45, 2.75) is 11.9 Å². The molecule has 2 N–H and O–H groups in total. The van der Waals surface area contributed by atoms with E-state index in [4.69, 9.17) is 28.9 Å². The molecule has 0 saturated heterocycles. The maximum atomic E-state index is 5.91. The van der Waals surface area contributed by atoms with Crippen molar-refractivity contribution < 1.29 is 0 Å². The Hall–Kier alpha value is -0.780. The molecule has 1 aromatic heterocycles. The summed E-state index contributed by atoms with van der Waals surface area (Å²) in [5, 5.41) is 1.22. The molecule has 86 valence electrons. The lowest BCUT2D eigenvalue weighted by atomic mass is 10.5. The van der Waals surface area contributed by atoms with Crippen LogP contribution in [0, 0.1) is 0 Å². The third-order valence-corrected chi connectivity index (χ3v) is 3.43. The monoisotopic (exact) mass is 276 g/mol. The lowest BCUT2D eigenvalue weighted by molar-refractivity contribution is 1.07. The van der Waals surface area contributed by atoms with E-state index in [0.29, 0.717) is 10.2 Å². The third-order valence-electron chi connectivity index (χ3n) is 1.60. The van der Waals surface area contributed by atoms with Crippen LogP contribution in [-0.4, -0.2) is 22.2 Å². The highest BCUT2D eigenvalue weighted by molar-refractivity contribution is 8.04. The van der Waals surface area contributed by atoms with Crippen LogP contribution >= 0.6 is 35.0 Å². The van der Waals surface area contributed by atoms with E-state index in [0.717, 1.165) is 4.91 Å². The van der Waals surface area contributed by atoms with Crippen molar-refractivity contribution in [2.75, 3.05) is 12.8 Å². The number of aliphatic imine (C=N–C) groups is 1. The highest BCUT2D eigenvalue weighted by atomic mass is 35.5. The van der Waals surface area contributed by atoms with Crippen LogP contribution in [0.4, 0.5) is 5.82 Å². The highest BCUT2D eigenvalue weighted by Gasteiger charge is 2.10. The zero-order chi connectivity index (χ0) is 12.1. The molecule has 0 amide bonds. The highest BCUT2D eigenvalue weighted by Crippen LogP contribution is 2.30. The second kappa shape index (κ2) is 6.08. The average molecular weight is 277 g/mol. The Balaban J connectivity index is 2.96. The number of nitrogen functional groups attached to an aromatic ring is 1. The molecule has 1 rings (SSSR count).